The van der Waals surface area contributed by atoms with Crippen LogP contribution in [0.1, 0.15) is 23.6 Å². The third kappa shape index (κ3) is 5.56. The average molecular weight is 534 g/mol. The van der Waals surface area contributed by atoms with E-state index in [0.717, 1.165) is 16.9 Å². The summed E-state index contributed by atoms with van der Waals surface area (Å²) in [6, 6.07) is 17.7. The van der Waals surface area contributed by atoms with Gasteiger partial charge in [0.1, 0.15) is 16.4 Å². The SMILES string of the molecule is COc1ccc(C2CC(CNS(=O)(=O)c3cc(C)ccc3OC)=NN2c2ccc(Cl)cc2Cl)cc1. The van der Waals surface area contributed by atoms with Crippen molar-refractivity contribution in [2.24, 2.45) is 5.10 Å². The van der Waals surface area contributed by atoms with Crippen LogP contribution in [0.25, 0.3) is 0 Å². The van der Waals surface area contributed by atoms with E-state index in [1.54, 1.807) is 48.5 Å². The van der Waals surface area contributed by atoms with Crippen LogP contribution < -0.4 is 19.2 Å². The lowest BCUT2D eigenvalue weighted by Gasteiger charge is -2.25. The second-order valence-electron chi connectivity index (χ2n) is 8.08. The molecule has 10 heteroatoms. The third-order valence-electron chi connectivity index (χ3n) is 5.71. The lowest BCUT2D eigenvalue weighted by Crippen LogP contribution is -2.29. The number of hydrogen-bond donors (Lipinski definition) is 1. The fourth-order valence-corrected chi connectivity index (χ4v) is 5.67. The van der Waals surface area contributed by atoms with Crippen LogP contribution >= 0.6 is 23.2 Å². The lowest BCUT2D eigenvalue weighted by atomic mass is 10.0. The maximum absolute atomic E-state index is 13.1. The number of hydrazone groups is 1. The Balaban J connectivity index is 1.63. The van der Waals surface area contributed by atoms with Gasteiger partial charge in [0.05, 0.1) is 43.2 Å². The lowest BCUT2D eigenvalue weighted by molar-refractivity contribution is 0.402. The van der Waals surface area contributed by atoms with Gasteiger partial charge in [-0.25, -0.2) is 13.1 Å². The predicted octanol–water partition coefficient (Wildman–Crippen LogP) is 5.60. The summed E-state index contributed by atoms with van der Waals surface area (Å²) in [6.45, 7) is 1.86. The first kappa shape index (κ1) is 25.3. The molecule has 0 amide bonds. The molecule has 1 atom stereocenters. The number of methoxy groups -OCH3 is 2. The van der Waals surface area contributed by atoms with E-state index in [2.05, 4.69) is 4.72 Å². The highest BCUT2D eigenvalue weighted by Gasteiger charge is 2.31. The molecule has 3 aromatic rings. The molecule has 0 saturated heterocycles. The molecule has 1 aliphatic heterocycles. The number of rotatable bonds is 8. The van der Waals surface area contributed by atoms with Gasteiger partial charge in [0.15, 0.2) is 0 Å². The molecule has 7 nitrogen and oxygen atoms in total. The molecule has 0 spiro atoms. The number of ether oxygens (including phenoxy) is 2. The molecule has 0 saturated carbocycles. The first-order valence-corrected chi connectivity index (χ1v) is 13.0. The molecule has 1 aliphatic rings. The highest BCUT2D eigenvalue weighted by atomic mass is 35.5. The monoisotopic (exact) mass is 533 g/mol. The Kier molecular flexibility index (Phi) is 7.56. The molecule has 3 aromatic carbocycles. The molecule has 184 valence electrons. The topological polar surface area (TPSA) is 80.2 Å². The van der Waals surface area contributed by atoms with Crippen LogP contribution in [-0.4, -0.2) is 34.9 Å². The summed E-state index contributed by atoms with van der Waals surface area (Å²) in [5.74, 6) is 1.02. The zero-order valence-electron chi connectivity index (χ0n) is 19.5. The van der Waals surface area contributed by atoms with Crippen LogP contribution in [0, 0.1) is 6.92 Å². The van der Waals surface area contributed by atoms with Crippen LogP contribution in [0.3, 0.4) is 0 Å². The van der Waals surface area contributed by atoms with E-state index in [0.29, 0.717) is 27.9 Å². The quantitative estimate of drug-likeness (QED) is 0.407. The second kappa shape index (κ2) is 10.5. The van der Waals surface area contributed by atoms with Crippen molar-refractivity contribution < 1.29 is 17.9 Å². The standard InChI is InChI=1S/C25H25Cl2N3O4S/c1-16-4-11-24(34-3)25(12-16)35(31,32)28-15-19-14-23(17-5-8-20(33-2)9-6-17)30(29-19)22-10-7-18(26)13-21(22)27/h4-13,23,28H,14-15H2,1-3H3. The molecule has 0 aliphatic carbocycles. The van der Waals surface area contributed by atoms with E-state index in [4.69, 9.17) is 37.8 Å². The maximum atomic E-state index is 13.1. The van der Waals surface area contributed by atoms with Gasteiger partial charge in [0.25, 0.3) is 0 Å². The third-order valence-corrected chi connectivity index (χ3v) is 7.67. The summed E-state index contributed by atoms with van der Waals surface area (Å²) < 4.78 is 39.4. The smallest absolute Gasteiger partial charge is 0.244 e. The molecule has 0 radical (unpaired) electrons. The number of nitrogens with zero attached hydrogens (tertiary/aromatic N) is 2. The minimum Gasteiger partial charge on any atom is -0.497 e. The molecule has 0 fully saturated rings. The van der Waals surface area contributed by atoms with Crippen molar-refractivity contribution in [3.8, 4) is 11.5 Å². The Hall–Kier alpha value is -2.78. The van der Waals surface area contributed by atoms with E-state index in [1.165, 1.54) is 7.11 Å². The summed E-state index contributed by atoms with van der Waals surface area (Å²) in [6.07, 6.45) is 0.499. The summed E-state index contributed by atoms with van der Waals surface area (Å²) in [7, 11) is -0.780. The zero-order chi connectivity index (χ0) is 25.2. The van der Waals surface area contributed by atoms with Crippen LogP contribution in [0.15, 0.2) is 70.7 Å². The Morgan fingerprint density at radius 2 is 1.77 bits per heavy atom. The second-order valence-corrected chi connectivity index (χ2v) is 10.7. The number of halogens is 2. The first-order valence-electron chi connectivity index (χ1n) is 10.8. The number of sulfonamides is 1. The van der Waals surface area contributed by atoms with Gasteiger partial charge >= 0.3 is 0 Å². The number of anilines is 1. The van der Waals surface area contributed by atoms with E-state index in [1.807, 2.05) is 31.2 Å². The molecule has 1 unspecified atom stereocenters. The van der Waals surface area contributed by atoms with E-state index < -0.39 is 10.0 Å². The fourth-order valence-electron chi connectivity index (χ4n) is 3.90. The highest BCUT2D eigenvalue weighted by Crippen LogP contribution is 2.40. The van der Waals surface area contributed by atoms with E-state index >= 15 is 0 Å². The van der Waals surface area contributed by atoms with Crippen molar-refractivity contribution in [2.75, 3.05) is 25.8 Å². The molecule has 0 bridgehead atoms. The first-order chi connectivity index (χ1) is 16.7. The van der Waals surface area contributed by atoms with Gasteiger partial charge < -0.3 is 9.47 Å². The largest absolute Gasteiger partial charge is 0.497 e. The number of aryl methyl sites for hydroxylation is 1. The molecular weight excluding hydrogens is 509 g/mol. The zero-order valence-corrected chi connectivity index (χ0v) is 21.8. The molecule has 35 heavy (non-hydrogen) atoms. The summed E-state index contributed by atoms with van der Waals surface area (Å²) >= 11 is 12.6. The Bertz CT molecular complexity index is 1360. The van der Waals surface area contributed by atoms with Crippen molar-refractivity contribution >= 4 is 44.6 Å². The summed E-state index contributed by atoms with van der Waals surface area (Å²) in [5.41, 5.74) is 3.13. The van der Waals surface area contributed by atoms with Crippen molar-refractivity contribution in [3.63, 3.8) is 0 Å². The van der Waals surface area contributed by atoms with Crippen LogP contribution in [0.5, 0.6) is 11.5 Å². The van der Waals surface area contributed by atoms with Gasteiger partial charge in [-0.2, -0.15) is 5.10 Å². The Morgan fingerprint density at radius 1 is 1.03 bits per heavy atom. The minimum atomic E-state index is -3.83. The van der Waals surface area contributed by atoms with Gasteiger partial charge in [-0.05, 0) is 60.5 Å². The summed E-state index contributed by atoms with van der Waals surface area (Å²) in [4.78, 5) is 0.0860. The predicted molar refractivity (Wildman–Crippen MR) is 140 cm³/mol. The normalized spacial score (nSPS) is 15.7. The number of hydrogen-bond acceptors (Lipinski definition) is 6. The minimum absolute atomic E-state index is 0.0355. The number of benzene rings is 3. The average Bonchev–Trinajstić information content (AvgIpc) is 3.27. The highest BCUT2D eigenvalue weighted by molar-refractivity contribution is 7.89. The van der Waals surface area contributed by atoms with Crippen molar-refractivity contribution in [3.05, 3.63) is 81.8 Å². The summed E-state index contributed by atoms with van der Waals surface area (Å²) in [5, 5.41) is 7.51. The van der Waals surface area contributed by atoms with Crippen molar-refractivity contribution in [2.45, 2.75) is 24.3 Å². The van der Waals surface area contributed by atoms with Crippen LogP contribution in [0.2, 0.25) is 10.0 Å². The van der Waals surface area contributed by atoms with E-state index in [9.17, 15) is 8.42 Å². The van der Waals surface area contributed by atoms with Crippen LogP contribution in [0.4, 0.5) is 5.69 Å². The molecule has 1 N–H and O–H groups in total. The fraction of sp³-hybridized carbons (Fsp3) is 0.240. The van der Waals surface area contributed by atoms with Crippen LogP contribution in [-0.2, 0) is 10.0 Å². The van der Waals surface area contributed by atoms with Gasteiger partial charge in [0, 0.05) is 11.4 Å². The number of nitrogens with one attached hydrogen (secondary N) is 1. The maximum Gasteiger partial charge on any atom is 0.244 e. The van der Waals surface area contributed by atoms with Crippen molar-refractivity contribution in [1.29, 1.82) is 0 Å². The van der Waals surface area contributed by atoms with Gasteiger partial charge in [-0.1, -0.05) is 41.4 Å². The van der Waals surface area contributed by atoms with Gasteiger partial charge in [-0.15, -0.1) is 0 Å². The van der Waals surface area contributed by atoms with Gasteiger partial charge in [0.2, 0.25) is 10.0 Å². The molecule has 4 rings (SSSR count). The molecular formula is C25H25Cl2N3O4S. The van der Waals surface area contributed by atoms with Gasteiger partial charge in [-0.3, -0.25) is 5.01 Å². The van der Waals surface area contributed by atoms with E-state index in [-0.39, 0.29) is 23.2 Å². The molecule has 0 aromatic heterocycles. The Labute approximate surface area is 215 Å². The molecule has 1 heterocycles. The van der Waals surface area contributed by atoms with Crippen molar-refractivity contribution in [1.82, 2.24) is 4.72 Å². The Morgan fingerprint density at radius 3 is 2.43 bits per heavy atom.